The Labute approximate surface area is 141 Å². The van der Waals surface area contributed by atoms with Crippen LogP contribution in [-0.2, 0) is 19.9 Å². The first-order chi connectivity index (χ1) is 10.9. The molecule has 6 nitrogen and oxygen atoms in total. The minimum Gasteiger partial charge on any atom is -0.338 e. The molecular weight excluding hydrogens is 310 g/mol. The van der Waals surface area contributed by atoms with Crippen LogP contribution >= 0.6 is 11.3 Å². The average molecular weight is 335 g/mol. The van der Waals surface area contributed by atoms with E-state index in [0.29, 0.717) is 6.54 Å². The minimum atomic E-state index is -0.0784. The molecule has 0 aliphatic heterocycles. The maximum Gasteiger partial charge on any atom is 0.317 e. The summed E-state index contributed by atoms with van der Waals surface area (Å²) >= 11 is 1.72. The number of carbonyl (C=O) groups excluding carboxylic acids is 1. The van der Waals surface area contributed by atoms with Gasteiger partial charge in [0.2, 0.25) is 0 Å². The van der Waals surface area contributed by atoms with E-state index in [1.807, 2.05) is 20.2 Å². The van der Waals surface area contributed by atoms with E-state index in [9.17, 15) is 4.79 Å². The van der Waals surface area contributed by atoms with E-state index in [2.05, 4.69) is 29.2 Å². The molecule has 0 aliphatic carbocycles. The number of aromatic nitrogens is 3. The van der Waals surface area contributed by atoms with E-state index < -0.39 is 0 Å². The summed E-state index contributed by atoms with van der Waals surface area (Å²) in [6, 6.07) is -0.0946. The number of hydrogen-bond donors (Lipinski definition) is 1. The maximum absolute atomic E-state index is 12.3. The molecule has 126 valence electrons. The van der Waals surface area contributed by atoms with Crippen LogP contribution in [0.5, 0.6) is 0 Å². The summed E-state index contributed by atoms with van der Waals surface area (Å²) in [7, 11) is 3.67. The van der Waals surface area contributed by atoms with Gasteiger partial charge in [0.1, 0.15) is 0 Å². The summed E-state index contributed by atoms with van der Waals surface area (Å²) < 4.78 is 1.74. The van der Waals surface area contributed by atoms with Crippen molar-refractivity contribution in [3.05, 3.63) is 33.5 Å². The van der Waals surface area contributed by atoms with Gasteiger partial charge >= 0.3 is 6.03 Å². The molecule has 0 radical (unpaired) electrons. The van der Waals surface area contributed by atoms with E-state index >= 15 is 0 Å². The molecular formula is C16H25N5OS. The Hall–Kier alpha value is -1.89. The number of nitrogens with one attached hydrogen (secondary N) is 1. The van der Waals surface area contributed by atoms with Gasteiger partial charge in [0.15, 0.2) is 0 Å². The predicted octanol–water partition coefficient (Wildman–Crippen LogP) is 2.69. The quantitative estimate of drug-likeness (QED) is 0.883. The molecule has 23 heavy (non-hydrogen) atoms. The Balaban J connectivity index is 1.83. The SMILES string of the molecule is CCc1nc(CCNC(=O)N(C)[C@H](C)c2cnn(C)c2)sc1C. The summed E-state index contributed by atoms with van der Waals surface area (Å²) in [5.74, 6) is 0. The molecule has 0 aliphatic rings. The molecule has 7 heteroatoms. The highest BCUT2D eigenvalue weighted by atomic mass is 32.1. The van der Waals surface area contributed by atoms with Crippen molar-refractivity contribution in [1.82, 2.24) is 25.0 Å². The van der Waals surface area contributed by atoms with Crippen molar-refractivity contribution < 1.29 is 4.79 Å². The number of amides is 2. The number of aryl methyl sites for hydroxylation is 3. The van der Waals surface area contributed by atoms with E-state index in [4.69, 9.17) is 0 Å². The maximum atomic E-state index is 12.3. The average Bonchev–Trinajstić information content (AvgIpc) is 3.11. The van der Waals surface area contributed by atoms with Crippen LogP contribution in [0, 0.1) is 6.92 Å². The summed E-state index contributed by atoms with van der Waals surface area (Å²) in [5, 5.41) is 8.20. The molecule has 0 spiro atoms. The minimum absolute atomic E-state index is 0.0162. The summed E-state index contributed by atoms with van der Waals surface area (Å²) in [5.41, 5.74) is 2.19. The second-order valence-corrected chi connectivity index (χ2v) is 6.97. The second kappa shape index (κ2) is 7.59. The van der Waals surface area contributed by atoms with Gasteiger partial charge in [-0.1, -0.05) is 6.92 Å². The summed E-state index contributed by atoms with van der Waals surface area (Å²) in [4.78, 5) is 19.8. The zero-order valence-corrected chi connectivity index (χ0v) is 15.3. The highest BCUT2D eigenvalue weighted by Gasteiger charge is 2.18. The van der Waals surface area contributed by atoms with Gasteiger partial charge in [0, 0.05) is 43.7 Å². The first kappa shape index (κ1) is 17.5. The monoisotopic (exact) mass is 335 g/mol. The van der Waals surface area contributed by atoms with Gasteiger partial charge in [-0.15, -0.1) is 11.3 Å². The first-order valence-electron chi connectivity index (χ1n) is 7.86. The Kier molecular flexibility index (Phi) is 5.76. The number of hydrogen-bond acceptors (Lipinski definition) is 4. The lowest BCUT2D eigenvalue weighted by molar-refractivity contribution is 0.194. The Morgan fingerprint density at radius 3 is 2.83 bits per heavy atom. The lowest BCUT2D eigenvalue weighted by Gasteiger charge is -2.24. The molecule has 0 unspecified atom stereocenters. The molecule has 0 saturated heterocycles. The van der Waals surface area contributed by atoms with Crippen LogP contribution in [0.25, 0.3) is 0 Å². The molecule has 2 heterocycles. The fourth-order valence-electron chi connectivity index (χ4n) is 2.38. The van der Waals surface area contributed by atoms with E-state index in [1.54, 1.807) is 34.2 Å². The normalized spacial score (nSPS) is 12.2. The molecule has 2 aromatic heterocycles. The van der Waals surface area contributed by atoms with Gasteiger partial charge in [-0.2, -0.15) is 5.10 Å². The van der Waals surface area contributed by atoms with Crippen LogP contribution < -0.4 is 5.32 Å². The van der Waals surface area contributed by atoms with Crippen LogP contribution in [0.4, 0.5) is 4.79 Å². The van der Waals surface area contributed by atoms with Crippen molar-refractivity contribution in [2.24, 2.45) is 7.05 Å². The number of thiazole rings is 1. The fraction of sp³-hybridized carbons (Fsp3) is 0.562. The molecule has 2 aromatic rings. The highest BCUT2D eigenvalue weighted by molar-refractivity contribution is 7.11. The van der Waals surface area contributed by atoms with Crippen molar-refractivity contribution in [3.8, 4) is 0 Å². The molecule has 1 atom stereocenters. The molecule has 1 N–H and O–H groups in total. The Morgan fingerprint density at radius 1 is 1.52 bits per heavy atom. The van der Waals surface area contributed by atoms with Crippen LogP contribution in [0.15, 0.2) is 12.4 Å². The first-order valence-corrected chi connectivity index (χ1v) is 8.68. The number of urea groups is 1. The lowest BCUT2D eigenvalue weighted by Crippen LogP contribution is -2.39. The molecule has 0 saturated carbocycles. The number of nitrogens with zero attached hydrogens (tertiary/aromatic N) is 4. The number of rotatable bonds is 6. The predicted molar refractivity (Wildman–Crippen MR) is 92.7 cm³/mol. The van der Waals surface area contributed by atoms with Crippen molar-refractivity contribution >= 4 is 17.4 Å². The second-order valence-electron chi connectivity index (χ2n) is 5.68. The van der Waals surface area contributed by atoms with Gasteiger partial charge in [-0.25, -0.2) is 9.78 Å². The molecule has 2 amide bonds. The van der Waals surface area contributed by atoms with Gasteiger partial charge < -0.3 is 10.2 Å². The van der Waals surface area contributed by atoms with Crippen molar-refractivity contribution in [3.63, 3.8) is 0 Å². The van der Waals surface area contributed by atoms with E-state index in [-0.39, 0.29) is 12.1 Å². The fourth-order valence-corrected chi connectivity index (χ4v) is 3.40. The smallest absolute Gasteiger partial charge is 0.317 e. The standard InChI is InChI=1S/C16H25N5OS/c1-6-14-12(3)23-15(19-14)7-8-17-16(22)21(5)11(2)13-9-18-20(4)10-13/h9-11H,6-8H2,1-5H3,(H,17,22)/t11-/m1/s1. The third-order valence-electron chi connectivity index (χ3n) is 4.00. The molecule has 0 aromatic carbocycles. The van der Waals surface area contributed by atoms with Gasteiger partial charge in [0.25, 0.3) is 0 Å². The largest absolute Gasteiger partial charge is 0.338 e. The van der Waals surface area contributed by atoms with E-state index in [0.717, 1.165) is 23.4 Å². The Bertz CT molecular complexity index is 663. The van der Waals surface area contributed by atoms with Crippen LogP contribution in [0.3, 0.4) is 0 Å². The lowest BCUT2D eigenvalue weighted by atomic mass is 10.2. The molecule has 0 fully saturated rings. The van der Waals surface area contributed by atoms with E-state index in [1.165, 1.54) is 10.6 Å². The zero-order chi connectivity index (χ0) is 17.0. The third kappa shape index (κ3) is 4.31. The number of carbonyl (C=O) groups is 1. The zero-order valence-electron chi connectivity index (χ0n) is 14.5. The third-order valence-corrected chi connectivity index (χ3v) is 5.07. The summed E-state index contributed by atoms with van der Waals surface area (Å²) in [6.45, 7) is 6.80. The topological polar surface area (TPSA) is 63.1 Å². The van der Waals surface area contributed by atoms with Crippen LogP contribution in [0.2, 0.25) is 0 Å². The van der Waals surface area contributed by atoms with Crippen molar-refractivity contribution in [2.75, 3.05) is 13.6 Å². The Morgan fingerprint density at radius 2 is 2.26 bits per heavy atom. The van der Waals surface area contributed by atoms with Gasteiger partial charge in [-0.3, -0.25) is 4.68 Å². The van der Waals surface area contributed by atoms with Crippen LogP contribution in [-0.4, -0.2) is 39.3 Å². The van der Waals surface area contributed by atoms with Crippen molar-refractivity contribution in [2.45, 2.75) is 39.7 Å². The highest BCUT2D eigenvalue weighted by Crippen LogP contribution is 2.19. The van der Waals surface area contributed by atoms with Gasteiger partial charge in [0.05, 0.1) is 22.9 Å². The van der Waals surface area contributed by atoms with Crippen molar-refractivity contribution in [1.29, 1.82) is 0 Å². The van der Waals surface area contributed by atoms with Crippen LogP contribution in [0.1, 0.15) is 41.0 Å². The van der Waals surface area contributed by atoms with Gasteiger partial charge in [-0.05, 0) is 20.3 Å². The molecule has 0 bridgehead atoms. The molecule has 2 rings (SSSR count). The summed E-state index contributed by atoms with van der Waals surface area (Å²) in [6.07, 6.45) is 5.45.